The molecule has 0 radical (unpaired) electrons. The second kappa shape index (κ2) is 4.25. The topological polar surface area (TPSA) is 47.6 Å². The molecule has 2 heteroatoms. The highest BCUT2D eigenvalue weighted by atomic mass is 14.2. The molecule has 0 saturated heterocycles. The average Bonchev–Trinajstić information content (AvgIpc) is 2.16. The van der Waals surface area contributed by atoms with Gasteiger partial charge in [0.1, 0.15) is 0 Å². The van der Waals surface area contributed by atoms with Gasteiger partial charge in [0.05, 0.1) is 17.7 Å². The van der Waals surface area contributed by atoms with E-state index in [1.165, 1.54) is 6.08 Å². The molecule has 0 atom stereocenters. The molecule has 0 aliphatic rings. The summed E-state index contributed by atoms with van der Waals surface area (Å²) in [5.74, 6) is 0. The second-order valence-electron chi connectivity index (χ2n) is 3.10. The molecule has 0 heterocycles. The van der Waals surface area contributed by atoms with E-state index in [1.807, 2.05) is 32.0 Å². The van der Waals surface area contributed by atoms with Gasteiger partial charge >= 0.3 is 0 Å². The van der Waals surface area contributed by atoms with Gasteiger partial charge < -0.3 is 0 Å². The number of aryl methyl sites for hydroxylation is 2. The molecule has 0 aliphatic carbocycles. The van der Waals surface area contributed by atoms with E-state index in [4.69, 9.17) is 10.5 Å². The van der Waals surface area contributed by atoms with E-state index >= 15 is 0 Å². The molecule has 0 N–H and O–H groups in total. The number of nitrogens with zero attached hydrogens (tertiary/aromatic N) is 2. The van der Waals surface area contributed by atoms with Gasteiger partial charge in [-0.2, -0.15) is 10.5 Å². The van der Waals surface area contributed by atoms with Crippen molar-refractivity contribution < 1.29 is 0 Å². The van der Waals surface area contributed by atoms with Crippen LogP contribution in [0.3, 0.4) is 0 Å². The zero-order valence-corrected chi connectivity index (χ0v) is 8.20. The fraction of sp³-hybridized carbons (Fsp3) is 0.167. The molecule has 0 unspecified atom stereocenters. The van der Waals surface area contributed by atoms with Crippen molar-refractivity contribution in [2.24, 2.45) is 0 Å². The van der Waals surface area contributed by atoms with Crippen molar-refractivity contribution in [3.05, 3.63) is 40.5 Å². The minimum Gasteiger partial charge on any atom is -0.193 e. The van der Waals surface area contributed by atoms with Gasteiger partial charge in [-0.25, -0.2) is 0 Å². The van der Waals surface area contributed by atoms with Gasteiger partial charge in [-0.1, -0.05) is 0 Å². The van der Waals surface area contributed by atoms with Crippen LogP contribution in [0.25, 0.3) is 6.08 Å². The average molecular weight is 182 g/mol. The van der Waals surface area contributed by atoms with Crippen LogP contribution in [-0.4, -0.2) is 0 Å². The third kappa shape index (κ3) is 2.00. The predicted octanol–water partition coefficient (Wildman–Crippen LogP) is 2.71. The van der Waals surface area contributed by atoms with Crippen LogP contribution in [0.4, 0.5) is 0 Å². The quantitative estimate of drug-likeness (QED) is 0.627. The Kier molecular flexibility index (Phi) is 3.05. The Morgan fingerprint density at radius 2 is 1.71 bits per heavy atom. The summed E-state index contributed by atoms with van der Waals surface area (Å²) in [6, 6.07) is 7.70. The summed E-state index contributed by atoms with van der Waals surface area (Å²) in [6.07, 6.45) is 3.22. The molecule has 0 saturated carbocycles. The monoisotopic (exact) mass is 182 g/mol. The van der Waals surface area contributed by atoms with Crippen molar-refractivity contribution in [2.75, 3.05) is 0 Å². The van der Waals surface area contributed by atoms with Crippen molar-refractivity contribution in [1.82, 2.24) is 0 Å². The van der Waals surface area contributed by atoms with Crippen molar-refractivity contribution in [3.8, 4) is 12.1 Å². The van der Waals surface area contributed by atoms with Crippen LogP contribution in [0.1, 0.15) is 22.3 Å². The summed E-state index contributed by atoms with van der Waals surface area (Å²) >= 11 is 0. The van der Waals surface area contributed by atoms with E-state index < -0.39 is 0 Å². The first-order valence-electron chi connectivity index (χ1n) is 4.26. The summed E-state index contributed by atoms with van der Waals surface area (Å²) in [4.78, 5) is 0. The lowest BCUT2D eigenvalue weighted by atomic mass is 9.99. The molecule has 14 heavy (non-hydrogen) atoms. The maximum absolute atomic E-state index is 8.73. The highest BCUT2D eigenvalue weighted by Crippen LogP contribution is 2.17. The second-order valence-corrected chi connectivity index (χ2v) is 3.10. The lowest BCUT2D eigenvalue weighted by molar-refractivity contribution is 1.33. The molecular formula is C12H10N2. The molecule has 1 aromatic rings. The van der Waals surface area contributed by atoms with Crippen LogP contribution >= 0.6 is 0 Å². The van der Waals surface area contributed by atoms with Crippen LogP contribution in [0.5, 0.6) is 0 Å². The fourth-order valence-corrected chi connectivity index (χ4v) is 1.42. The highest BCUT2D eigenvalue weighted by molar-refractivity contribution is 5.61. The van der Waals surface area contributed by atoms with Crippen molar-refractivity contribution >= 4 is 6.08 Å². The Labute approximate surface area is 83.7 Å². The van der Waals surface area contributed by atoms with Gasteiger partial charge in [0, 0.05) is 6.08 Å². The van der Waals surface area contributed by atoms with Gasteiger partial charge in [0.25, 0.3) is 0 Å². The predicted molar refractivity (Wildman–Crippen MR) is 55.3 cm³/mol. The minimum absolute atomic E-state index is 0.661. The van der Waals surface area contributed by atoms with E-state index in [2.05, 4.69) is 6.07 Å². The van der Waals surface area contributed by atoms with Crippen molar-refractivity contribution in [1.29, 1.82) is 10.5 Å². The van der Waals surface area contributed by atoms with Crippen LogP contribution in [0.2, 0.25) is 0 Å². The van der Waals surface area contributed by atoms with E-state index in [-0.39, 0.29) is 0 Å². The normalized spacial score (nSPS) is 9.71. The lowest BCUT2D eigenvalue weighted by Gasteiger charge is -2.04. The third-order valence-corrected chi connectivity index (χ3v) is 2.05. The largest absolute Gasteiger partial charge is 0.193 e. The minimum atomic E-state index is 0.661. The van der Waals surface area contributed by atoms with Crippen molar-refractivity contribution in [3.63, 3.8) is 0 Å². The summed E-state index contributed by atoms with van der Waals surface area (Å²) in [6.45, 7) is 3.87. The number of hydrogen-bond acceptors (Lipinski definition) is 2. The molecule has 0 bridgehead atoms. The molecule has 0 spiro atoms. The Balaban J connectivity index is 3.28. The number of nitriles is 2. The molecule has 0 aromatic heterocycles. The van der Waals surface area contributed by atoms with Crippen LogP contribution in [0.15, 0.2) is 18.2 Å². The first kappa shape index (κ1) is 10.0. The summed E-state index contributed by atoms with van der Waals surface area (Å²) in [5, 5.41) is 17.2. The first-order valence-corrected chi connectivity index (χ1v) is 4.26. The Morgan fingerprint density at radius 1 is 1.14 bits per heavy atom. The molecule has 1 rings (SSSR count). The number of benzene rings is 1. The standard InChI is InChI=1S/C12H10N2/c1-9-6-11(8-14)7-10(2)12(9)4-3-5-13/h3-4,6-7H,1-2H3. The number of rotatable bonds is 1. The summed E-state index contributed by atoms with van der Waals surface area (Å²) in [7, 11) is 0. The Bertz CT molecular complexity index is 433. The first-order chi connectivity index (χ1) is 6.69. The molecule has 68 valence electrons. The zero-order chi connectivity index (χ0) is 10.6. The SMILES string of the molecule is Cc1cc(C#N)cc(C)c1C=CC#N. The smallest absolute Gasteiger partial charge is 0.0991 e. The molecule has 0 aliphatic heterocycles. The maximum Gasteiger partial charge on any atom is 0.0991 e. The van der Waals surface area contributed by atoms with Crippen LogP contribution in [0, 0.1) is 36.5 Å². The molecule has 2 nitrogen and oxygen atoms in total. The van der Waals surface area contributed by atoms with E-state index in [9.17, 15) is 0 Å². The fourth-order valence-electron chi connectivity index (χ4n) is 1.42. The third-order valence-electron chi connectivity index (χ3n) is 2.05. The van der Waals surface area contributed by atoms with Gasteiger partial charge in [0.15, 0.2) is 0 Å². The Hall–Kier alpha value is -2.06. The van der Waals surface area contributed by atoms with Gasteiger partial charge in [0.2, 0.25) is 0 Å². The molecular weight excluding hydrogens is 172 g/mol. The maximum atomic E-state index is 8.73. The van der Waals surface area contributed by atoms with Gasteiger partial charge in [-0.05, 0) is 48.7 Å². The van der Waals surface area contributed by atoms with Crippen LogP contribution in [-0.2, 0) is 0 Å². The molecule has 0 fully saturated rings. The van der Waals surface area contributed by atoms with Crippen LogP contribution < -0.4 is 0 Å². The Morgan fingerprint density at radius 3 is 2.14 bits per heavy atom. The lowest BCUT2D eigenvalue weighted by Crippen LogP contribution is -1.88. The summed E-state index contributed by atoms with van der Waals surface area (Å²) in [5.41, 5.74) is 3.72. The number of allylic oxidation sites excluding steroid dienone is 1. The van der Waals surface area contributed by atoms with Crippen molar-refractivity contribution in [2.45, 2.75) is 13.8 Å². The summed E-state index contributed by atoms with van der Waals surface area (Å²) < 4.78 is 0. The highest BCUT2D eigenvalue weighted by Gasteiger charge is 2.01. The zero-order valence-electron chi connectivity index (χ0n) is 8.20. The van der Waals surface area contributed by atoms with Gasteiger partial charge in [-0.15, -0.1) is 0 Å². The molecule has 0 amide bonds. The van der Waals surface area contributed by atoms with E-state index in [0.29, 0.717) is 5.56 Å². The molecule has 1 aromatic carbocycles. The number of hydrogen-bond donors (Lipinski definition) is 0. The van der Waals surface area contributed by atoms with E-state index in [1.54, 1.807) is 6.08 Å². The van der Waals surface area contributed by atoms with E-state index in [0.717, 1.165) is 16.7 Å². The van der Waals surface area contributed by atoms with Gasteiger partial charge in [-0.3, -0.25) is 0 Å².